The SMILES string of the molecule is Cc1cc(COc2ccccc2OC(NC(C)C)C(C)O)on1. The molecule has 0 aliphatic heterocycles. The van der Waals surface area contributed by atoms with Gasteiger partial charge >= 0.3 is 0 Å². The van der Waals surface area contributed by atoms with Gasteiger partial charge in [-0.2, -0.15) is 0 Å². The van der Waals surface area contributed by atoms with Gasteiger partial charge < -0.3 is 19.1 Å². The van der Waals surface area contributed by atoms with Gasteiger partial charge in [0, 0.05) is 12.1 Å². The molecule has 1 aromatic carbocycles. The molecule has 1 heterocycles. The van der Waals surface area contributed by atoms with E-state index in [0.29, 0.717) is 17.3 Å². The zero-order chi connectivity index (χ0) is 16.8. The van der Waals surface area contributed by atoms with Crippen LogP contribution in [0.25, 0.3) is 0 Å². The highest BCUT2D eigenvalue weighted by Crippen LogP contribution is 2.28. The van der Waals surface area contributed by atoms with E-state index in [1.165, 1.54) is 0 Å². The second kappa shape index (κ2) is 7.99. The molecule has 2 atom stereocenters. The van der Waals surface area contributed by atoms with Gasteiger partial charge in [-0.05, 0) is 39.8 Å². The van der Waals surface area contributed by atoms with Gasteiger partial charge in [-0.15, -0.1) is 0 Å². The van der Waals surface area contributed by atoms with Gasteiger partial charge in [-0.3, -0.25) is 5.32 Å². The Morgan fingerprint density at radius 1 is 1.22 bits per heavy atom. The number of rotatable bonds is 8. The number of hydrogen-bond donors (Lipinski definition) is 2. The van der Waals surface area contributed by atoms with Crippen LogP contribution in [0.5, 0.6) is 11.5 Å². The second-order valence-corrected chi connectivity index (χ2v) is 5.77. The Morgan fingerprint density at radius 3 is 2.48 bits per heavy atom. The summed E-state index contributed by atoms with van der Waals surface area (Å²) in [5.74, 6) is 1.78. The van der Waals surface area contributed by atoms with Crippen LogP contribution in [0.15, 0.2) is 34.9 Å². The molecule has 1 aromatic heterocycles. The summed E-state index contributed by atoms with van der Waals surface area (Å²) in [5, 5.41) is 16.9. The summed E-state index contributed by atoms with van der Waals surface area (Å²) in [6, 6.07) is 9.34. The predicted molar refractivity (Wildman–Crippen MR) is 86.4 cm³/mol. The topological polar surface area (TPSA) is 76.8 Å². The van der Waals surface area contributed by atoms with Crippen molar-refractivity contribution in [2.45, 2.75) is 52.7 Å². The van der Waals surface area contributed by atoms with Crippen LogP contribution in [0, 0.1) is 6.92 Å². The van der Waals surface area contributed by atoms with Crippen LogP contribution in [0.2, 0.25) is 0 Å². The van der Waals surface area contributed by atoms with E-state index in [1.807, 2.05) is 45.0 Å². The summed E-state index contributed by atoms with van der Waals surface area (Å²) in [6.45, 7) is 7.79. The maximum atomic E-state index is 9.87. The number of aromatic nitrogens is 1. The van der Waals surface area contributed by atoms with E-state index in [1.54, 1.807) is 13.0 Å². The molecule has 6 nitrogen and oxygen atoms in total. The summed E-state index contributed by atoms with van der Waals surface area (Å²) < 4.78 is 16.8. The van der Waals surface area contributed by atoms with E-state index in [9.17, 15) is 5.11 Å². The average molecular weight is 320 g/mol. The number of aryl methyl sites for hydroxylation is 1. The molecule has 0 saturated carbocycles. The molecule has 0 aliphatic rings. The monoisotopic (exact) mass is 320 g/mol. The van der Waals surface area contributed by atoms with Crippen LogP contribution in [0.1, 0.15) is 32.2 Å². The third-order valence-electron chi connectivity index (χ3n) is 3.09. The molecule has 0 fully saturated rings. The van der Waals surface area contributed by atoms with Crippen LogP contribution < -0.4 is 14.8 Å². The van der Waals surface area contributed by atoms with Gasteiger partial charge in [-0.25, -0.2) is 0 Å². The first-order valence-electron chi connectivity index (χ1n) is 7.70. The molecule has 0 spiro atoms. The lowest BCUT2D eigenvalue weighted by molar-refractivity contribution is 0.0196. The van der Waals surface area contributed by atoms with Crippen LogP contribution >= 0.6 is 0 Å². The normalized spacial score (nSPS) is 13.8. The highest BCUT2D eigenvalue weighted by atomic mass is 16.5. The molecule has 2 aromatic rings. The first-order chi connectivity index (χ1) is 11.0. The van der Waals surface area contributed by atoms with Crippen molar-refractivity contribution in [3.63, 3.8) is 0 Å². The van der Waals surface area contributed by atoms with Crippen LogP contribution in [0.3, 0.4) is 0 Å². The van der Waals surface area contributed by atoms with Crippen molar-refractivity contribution in [2.24, 2.45) is 0 Å². The number of para-hydroxylation sites is 2. The number of nitrogens with zero attached hydrogens (tertiary/aromatic N) is 1. The molecule has 0 amide bonds. The van der Waals surface area contributed by atoms with Gasteiger partial charge in [0.15, 0.2) is 23.5 Å². The zero-order valence-electron chi connectivity index (χ0n) is 13.9. The number of benzene rings is 1. The molecule has 2 unspecified atom stereocenters. The number of ether oxygens (including phenoxy) is 2. The van der Waals surface area contributed by atoms with E-state index >= 15 is 0 Å². The van der Waals surface area contributed by atoms with E-state index in [0.717, 1.165) is 5.69 Å². The highest BCUT2D eigenvalue weighted by molar-refractivity contribution is 5.39. The van der Waals surface area contributed by atoms with Gasteiger partial charge in [0.2, 0.25) is 0 Å². The Bertz CT molecular complexity index is 610. The fraction of sp³-hybridized carbons (Fsp3) is 0.471. The molecule has 23 heavy (non-hydrogen) atoms. The van der Waals surface area contributed by atoms with Crippen molar-refractivity contribution in [3.8, 4) is 11.5 Å². The third-order valence-corrected chi connectivity index (χ3v) is 3.09. The lowest BCUT2D eigenvalue weighted by atomic mass is 10.3. The van der Waals surface area contributed by atoms with Crippen molar-refractivity contribution in [2.75, 3.05) is 0 Å². The van der Waals surface area contributed by atoms with Gasteiger partial charge in [0.25, 0.3) is 0 Å². The molecular weight excluding hydrogens is 296 g/mol. The largest absolute Gasteiger partial charge is 0.482 e. The minimum Gasteiger partial charge on any atom is -0.482 e. The van der Waals surface area contributed by atoms with Crippen LogP contribution in [0.4, 0.5) is 0 Å². The van der Waals surface area contributed by atoms with E-state index in [2.05, 4.69) is 10.5 Å². The van der Waals surface area contributed by atoms with Crippen molar-refractivity contribution in [1.82, 2.24) is 10.5 Å². The number of aliphatic hydroxyl groups is 1. The maximum Gasteiger partial charge on any atom is 0.176 e. The Kier molecular flexibility index (Phi) is 6.01. The van der Waals surface area contributed by atoms with Gasteiger partial charge in [0.1, 0.15) is 12.7 Å². The Labute approximate surface area is 136 Å². The lowest BCUT2D eigenvalue weighted by Gasteiger charge is -2.25. The lowest BCUT2D eigenvalue weighted by Crippen LogP contribution is -2.46. The summed E-state index contributed by atoms with van der Waals surface area (Å²) in [7, 11) is 0. The zero-order valence-corrected chi connectivity index (χ0v) is 13.9. The smallest absolute Gasteiger partial charge is 0.176 e. The molecule has 126 valence electrons. The molecule has 0 bridgehead atoms. The van der Waals surface area contributed by atoms with Crippen molar-refractivity contribution in [1.29, 1.82) is 0 Å². The second-order valence-electron chi connectivity index (χ2n) is 5.77. The highest BCUT2D eigenvalue weighted by Gasteiger charge is 2.19. The molecule has 2 rings (SSSR count). The predicted octanol–water partition coefficient (Wildman–Crippen LogP) is 2.65. The van der Waals surface area contributed by atoms with E-state index in [4.69, 9.17) is 14.0 Å². The Morgan fingerprint density at radius 2 is 1.91 bits per heavy atom. The summed E-state index contributed by atoms with van der Waals surface area (Å²) in [6.07, 6.45) is -1.19. The molecule has 0 radical (unpaired) electrons. The number of hydrogen-bond acceptors (Lipinski definition) is 6. The first kappa shape index (κ1) is 17.3. The third kappa shape index (κ3) is 5.26. The fourth-order valence-corrected chi connectivity index (χ4v) is 2.04. The molecule has 0 saturated heterocycles. The Hall–Kier alpha value is -2.05. The number of aliphatic hydroxyl groups excluding tert-OH is 1. The summed E-state index contributed by atoms with van der Waals surface area (Å²) >= 11 is 0. The van der Waals surface area contributed by atoms with Gasteiger partial charge in [0.05, 0.1) is 5.69 Å². The minimum atomic E-state index is -0.664. The van der Waals surface area contributed by atoms with E-state index in [-0.39, 0.29) is 12.6 Å². The summed E-state index contributed by atoms with van der Waals surface area (Å²) in [5.41, 5.74) is 0.809. The van der Waals surface area contributed by atoms with Crippen molar-refractivity contribution < 1.29 is 19.1 Å². The minimum absolute atomic E-state index is 0.180. The standard InChI is InChI=1S/C17H24N2O4/c1-11(2)18-17(13(4)20)22-16-8-6-5-7-15(16)21-10-14-9-12(3)19-23-14/h5-9,11,13,17-18,20H,10H2,1-4H3. The van der Waals surface area contributed by atoms with Crippen molar-refractivity contribution in [3.05, 3.63) is 41.8 Å². The quantitative estimate of drug-likeness (QED) is 0.728. The van der Waals surface area contributed by atoms with Crippen molar-refractivity contribution >= 4 is 0 Å². The van der Waals surface area contributed by atoms with Gasteiger partial charge in [-0.1, -0.05) is 17.3 Å². The fourth-order valence-electron chi connectivity index (χ4n) is 2.04. The molecular formula is C17H24N2O4. The molecule has 0 aliphatic carbocycles. The average Bonchev–Trinajstić information content (AvgIpc) is 2.90. The maximum absolute atomic E-state index is 9.87. The van der Waals surface area contributed by atoms with E-state index < -0.39 is 12.3 Å². The molecule has 6 heteroatoms. The number of nitrogens with one attached hydrogen (secondary N) is 1. The van der Waals surface area contributed by atoms with Crippen LogP contribution in [-0.4, -0.2) is 28.6 Å². The summed E-state index contributed by atoms with van der Waals surface area (Å²) in [4.78, 5) is 0. The first-order valence-corrected chi connectivity index (χ1v) is 7.70. The van der Waals surface area contributed by atoms with Crippen LogP contribution in [-0.2, 0) is 6.61 Å². The molecule has 2 N–H and O–H groups in total. The Balaban J connectivity index is 2.06.